The Morgan fingerprint density at radius 1 is 1.54 bits per heavy atom. The topological polar surface area (TPSA) is 67.2 Å². The molecule has 1 amide bonds. The molecule has 4 N–H and O–H groups in total. The number of hydrogen-bond donors (Lipinski definition) is 3. The number of nitrogens with two attached hydrogens (primary N) is 1. The average Bonchev–Trinajstić information content (AvgIpc) is 2.06. The Labute approximate surface area is 85.0 Å². The van der Waals surface area contributed by atoms with Crippen LogP contribution in [0.25, 0.3) is 0 Å². The van der Waals surface area contributed by atoms with Crippen LogP contribution >= 0.6 is 12.4 Å². The van der Waals surface area contributed by atoms with E-state index in [-0.39, 0.29) is 24.4 Å². The quantitative estimate of drug-likeness (QED) is 0.579. The van der Waals surface area contributed by atoms with Crippen LogP contribution in [0.5, 0.6) is 0 Å². The van der Waals surface area contributed by atoms with Gasteiger partial charge >= 0.3 is 0 Å². The van der Waals surface area contributed by atoms with E-state index in [1.807, 2.05) is 0 Å². The molecular weight excluding hydrogens is 190 g/mol. The molecule has 1 aliphatic heterocycles. The summed E-state index contributed by atoms with van der Waals surface area (Å²) >= 11 is 0. The molecule has 0 bridgehead atoms. The Morgan fingerprint density at radius 3 is 2.54 bits per heavy atom. The summed E-state index contributed by atoms with van der Waals surface area (Å²) in [6, 6.07) is -0.0652. The Kier molecular flexibility index (Phi) is 6.03. The van der Waals surface area contributed by atoms with Crippen LogP contribution in [-0.4, -0.2) is 31.1 Å². The molecule has 0 saturated carbocycles. The zero-order valence-electron chi connectivity index (χ0n) is 7.88. The summed E-state index contributed by atoms with van der Waals surface area (Å²) in [5.74, 6) is -0.0399. The summed E-state index contributed by atoms with van der Waals surface area (Å²) in [5.41, 5.74) is 5.43. The molecule has 1 saturated heterocycles. The maximum Gasteiger partial charge on any atom is 0.236 e. The van der Waals surface area contributed by atoms with Crippen LogP contribution in [0, 0.1) is 0 Å². The van der Waals surface area contributed by atoms with Crippen molar-refractivity contribution in [2.24, 2.45) is 5.73 Å². The van der Waals surface area contributed by atoms with Crippen molar-refractivity contribution in [3.05, 3.63) is 0 Å². The Morgan fingerprint density at radius 2 is 2.08 bits per heavy atom. The van der Waals surface area contributed by atoms with Crippen molar-refractivity contribution in [1.29, 1.82) is 0 Å². The van der Waals surface area contributed by atoms with E-state index in [2.05, 4.69) is 10.6 Å². The van der Waals surface area contributed by atoms with Gasteiger partial charge in [0.05, 0.1) is 6.04 Å². The molecule has 0 aromatic rings. The number of nitrogens with one attached hydrogen (secondary N) is 2. The summed E-state index contributed by atoms with van der Waals surface area (Å²) in [4.78, 5) is 11.2. The lowest BCUT2D eigenvalue weighted by Gasteiger charge is -2.24. The van der Waals surface area contributed by atoms with E-state index in [1.165, 1.54) is 0 Å². The fourth-order valence-corrected chi connectivity index (χ4v) is 1.30. The molecular formula is C8H18ClN3O. The van der Waals surface area contributed by atoms with Gasteiger partial charge in [0.1, 0.15) is 0 Å². The zero-order chi connectivity index (χ0) is 8.97. The smallest absolute Gasteiger partial charge is 0.236 e. The molecule has 13 heavy (non-hydrogen) atoms. The number of hydrogen-bond acceptors (Lipinski definition) is 3. The van der Waals surface area contributed by atoms with E-state index in [0.717, 1.165) is 25.9 Å². The number of amides is 1. The first kappa shape index (κ1) is 12.7. The highest BCUT2D eigenvalue weighted by Gasteiger charge is 2.16. The molecule has 1 heterocycles. The van der Waals surface area contributed by atoms with Crippen molar-refractivity contribution in [3.63, 3.8) is 0 Å². The molecule has 0 aliphatic carbocycles. The SMILES string of the molecule is C[C@H](N)C(=O)NC1CCNCC1.Cl. The maximum atomic E-state index is 11.2. The normalized spacial score (nSPS) is 20.2. The van der Waals surface area contributed by atoms with Crippen LogP contribution in [0.15, 0.2) is 0 Å². The van der Waals surface area contributed by atoms with Crippen LogP contribution < -0.4 is 16.4 Å². The summed E-state index contributed by atoms with van der Waals surface area (Å²) in [6.45, 7) is 3.68. The second kappa shape index (κ2) is 6.18. The van der Waals surface area contributed by atoms with Crippen molar-refractivity contribution >= 4 is 18.3 Å². The predicted molar refractivity (Wildman–Crippen MR) is 54.9 cm³/mol. The Hall–Kier alpha value is -0.320. The van der Waals surface area contributed by atoms with Gasteiger partial charge in [-0.3, -0.25) is 4.79 Å². The van der Waals surface area contributed by atoms with Gasteiger partial charge in [0.15, 0.2) is 0 Å². The highest BCUT2D eigenvalue weighted by Crippen LogP contribution is 2.01. The molecule has 0 radical (unpaired) electrons. The molecule has 0 aromatic carbocycles. The summed E-state index contributed by atoms with van der Waals surface area (Å²) in [7, 11) is 0. The van der Waals surface area contributed by atoms with Crippen molar-refractivity contribution in [2.75, 3.05) is 13.1 Å². The number of carbonyl (C=O) groups excluding carboxylic acids is 1. The third kappa shape index (κ3) is 4.45. The largest absolute Gasteiger partial charge is 0.352 e. The molecule has 0 unspecified atom stereocenters. The summed E-state index contributed by atoms with van der Waals surface area (Å²) in [6.07, 6.45) is 2.02. The fraction of sp³-hybridized carbons (Fsp3) is 0.875. The summed E-state index contributed by atoms with van der Waals surface area (Å²) < 4.78 is 0. The molecule has 0 spiro atoms. The minimum Gasteiger partial charge on any atom is -0.352 e. The van der Waals surface area contributed by atoms with Crippen LogP contribution in [0.4, 0.5) is 0 Å². The van der Waals surface area contributed by atoms with Crippen LogP contribution in [0.3, 0.4) is 0 Å². The lowest BCUT2D eigenvalue weighted by molar-refractivity contribution is -0.122. The highest BCUT2D eigenvalue weighted by molar-refractivity contribution is 5.85. The molecule has 0 aromatic heterocycles. The third-order valence-corrected chi connectivity index (χ3v) is 2.10. The predicted octanol–water partition coefficient (Wildman–Crippen LogP) is -0.376. The Bertz CT molecular complexity index is 157. The number of piperidine rings is 1. The fourth-order valence-electron chi connectivity index (χ4n) is 1.30. The molecule has 1 atom stereocenters. The van der Waals surface area contributed by atoms with Gasteiger partial charge in [0.2, 0.25) is 5.91 Å². The molecule has 4 nitrogen and oxygen atoms in total. The number of carbonyl (C=O) groups is 1. The van der Waals surface area contributed by atoms with Gasteiger partial charge < -0.3 is 16.4 Å². The van der Waals surface area contributed by atoms with Gasteiger partial charge in [-0.1, -0.05) is 0 Å². The van der Waals surface area contributed by atoms with E-state index in [9.17, 15) is 4.79 Å². The summed E-state index contributed by atoms with van der Waals surface area (Å²) in [5, 5.41) is 6.15. The van der Waals surface area contributed by atoms with E-state index in [1.54, 1.807) is 6.92 Å². The van der Waals surface area contributed by atoms with Crippen molar-refractivity contribution in [3.8, 4) is 0 Å². The highest BCUT2D eigenvalue weighted by atomic mass is 35.5. The molecule has 1 fully saturated rings. The molecule has 5 heteroatoms. The zero-order valence-corrected chi connectivity index (χ0v) is 8.69. The lowest BCUT2D eigenvalue weighted by atomic mass is 10.1. The van der Waals surface area contributed by atoms with Crippen molar-refractivity contribution in [2.45, 2.75) is 31.8 Å². The van der Waals surface area contributed by atoms with E-state index in [0.29, 0.717) is 6.04 Å². The standard InChI is InChI=1S/C8H17N3O.ClH/c1-6(9)8(12)11-7-2-4-10-5-3-7;/h6-7,10H,2-5,9H2,1H3,(H,11,12);1H/t6-;/m0./s1. The van der Waals surface area contributed by atoms with Crippen molar-refractivity contribution in [1.82, 2.24) is 10.6 Å². The average molecular weight is 208 g/mol. The van der Waals surface area contributed by atoms with Crippen molar-refractivity contribution < 1.29 is 4.79 Å². The van der Waals surface area contributed by atoms with E-state index >= 15 is 0 Å². The van der Waals surface area contributed by atoms with Crippen LogP contribution in [0.1, 0.15) is 19.8 Å². The minimum absolute atomic E-state index is 0. The van der Waals surface area contributed by atoms with Gasteiger partial charge in [0, 0.05) is 6.04 Å². The monoisotopic (exact) mass is 207 g/mol. The third-order valence-electron chi connectivity index (χ3n) is 2.10. The van der Waals surface area contributed by atoms with Crippen LogP contribution in [-0.2, 0) is 4.79 Å². The van der Waals surface area contributed by atoms with Gasteiger partial charge in [-0.05, 0) is 32.9 Å². The molecule has 1 rings (SSSR count). The van der Waals surface area contributed by atoms with E-state index < -0.39 is 0 Å². The number of rotatable bonds is 2. The maximum absolute atomic E-state index is 11.2. The first-order valence-corrected chi connectivity index (χ1v) is 4.47. The first-order valence-electron chi connectivity index (χ1n) is 4.47. The van der Waals surface area contributed by atoms with Crippen LogP contribution in [0.2, 0.25) is 0 Å². The lowest BCUT2D eigenvalue weighted by Crippen LogP contribution is -2.47. The van der Waals surface area contributed by atoms with Gasteiger partial charge in [-0.2, -0.15) is 0 Å². The second-order valence-electron chi connectivity index (χ2n) is 3.32. The van der Waals surface area contributed by atoms with Gasteiger partial charge in [-0.15, -0.1) is 12.4 Å². The minimum atomic E-state index is -0.389. The van der Waals surface area contributed by atoms with E-state index in [4.69, 9.17) is 5.73 Å². The number of halogens is 1. The molecule has 1 aliphatic rings. The second-order valence-corrected chi connectivity index (χ2v) is 3.32. The van der Waals surface area contributed by atoms with Gasteiger partial charge in [-0.25, -0.2) is 0 Å². The Balaban J connectivity index is 0.00000144. The molecule has 78 valence electrons. The van der Waals surface area contributed by atoms with Gasteiger partial charge in [0.25, 0.3) is 0 Å². The first-order chi connectivity index (χ1) is 5.70.